The lowest BCUT2D eigenvalue weighted by Crippen LogP contribution is -2.33. The van der Waals surface area contributed by atoms with Crippen LogP contribution in [-0.4, -0.2) is 51.1 Å². The van der Waals surface area contributed by atoms with Crippen LogP contribution in [0, 0.1) is 0 Å². The van der Waals surface area contributed by atoms with Crippen LogP contribution in [0.25, 0.3) is 0 Å². The van der Waals surface area contributed by atoms with E-state index in [-0.39, 0.29) is 11.4 Å². The fourth-order valence-electron chi connectivity index (χ4n) is 1.94. The molecule has 0 bridgehead atoms. The molecule has 0 aliphatic rings. The first-order valence-electron chi connectivity index (χ1n) is 7.50. The standard InChI is InChI=1S/C13H16F3N5O4S2/c14-13(15,16)10-19-27(24,25)12-4-2-11(3-5-12)26(22,23)18-6-1-8-21-9-7-17-20-21/h2-5,7,9,18-19H,1,6,8,10H2. The fraction of sp³-hybridized carbons (Fsp3) is 0.385. The molecule has 0 saturated carbocycles. The van der Waals surface area contributed by atoms with Gasteiger partial charge in [-0.2, -0.15) is 13.2 Å². The maximum Gasteiger partial charge on any atom is 0.402 e. The molecule has 0 atom stereocenters. The normalized spacial score (nSPS) is 13.0. The molecule has 1 aromatic heterocycles. The number of sulfonamides is 2. The molecule has 2 N–H and O–H groups in total. The Kier molecular flexibility index (Phi) is 6.56. The minimum Gasteiger partial charge on any atom is -0.253 e. The number of alkyl halides is 3. The molecule has 0 amide bonds. The van der Waals surface area contributed by atoms with Gasteiger partial charge in [-0.05, 0) is 30.7 Å². The summed E-state index contributed by atoms with van der Waals surface area (Å²) in [7, 11) is -8.29. The number of aromatic nitrogens is 3. The Labute approximate surface area is 153 Å². The van der Waals surface area contributed by atoms with E-state index in [0.29, 0.717) is 13.0 Å². The van der Waals surface area contributed by atoms with Gasteiger partial charge >= 0.3 is 6.18 Å². The van der Waals surface area contributed by atoms with Crippen molar-refractivity contribution in [1.82, 2.24) is 24.4 Å². The molecule has 150 valence electrons. The van der Waals surface area contributed by atoms with E-state index in [1.54, 1.807) is 6.20 Å². The Morgan fingerprint density at radius 1 is 0.963 bits per heavy atom. The van der Waals surface area contributed by atoms with Gasteiger partial charge in [-0.25, -0.2) is 26.3 Å². The van der Waals surface area contributed by atoms with Crippen LogP contribution in [-0.2, 0) is 26.6 Å². The van der Waals surface area contributed by atoms with E-state index >= 15 is 0 Å². The monoisotopic (exact) mass is 427 g/mol. The van der Waals surface area contributed by atoms with Crippen molar-refractivity contribution in [3.8, 4) is 0 Å². The Balaban J connectivity index is 1.96. The zero-order valence-corrected chi connectivity index (χ0v) is 15.4. The zero-order chi connectivity index (χ0) is 20.1. The highest BCUT2D eigenvalue weighted by atomic mass is 32.2. The Bertz CT molecular complexity index is 943. The van der Waals surface area contributed by atoms with E-state index in [2.05, 4.69) is 15.0 Å². The van der Waals surface area contributed by atoms with Gasteiger partial charge in [-0.3, -0.25) is 4.68 Å². The number of rotatable bonds is 9. The number of benzene rings is 1. The van der Waals surface area contributed by atoms with Crippen molar-refractivity contribution in [1.29, 1.82) is 0 Å². The summed E-state index contributed by atoms with van der Waals surface area (Å²) in [5, 5.41) is 7.34. The van der Waals surface area contributed by atoms with Crippen LogP contribution in [0.2, 0.25) is 0 Å². The van der Waals surface area contributed by atoms with Crippen LogP contribution in [0.4, 0.5) is 13.2 Å². The summed E-state index contributed by atoms with van der Waals surface area (Å²) >= 11 is 0. The van der Waals surface area contributed by atoms with E-state index in [1.807, 2.05) is 0 Å². The van der Waals surface area contributed by atoms with Crippen LogP contribution >= 0.6 is 0 Å². The van der Waals surface area contributed by atoms with Crippen molar-refractivity contribution in [3.05, 3.63) is 36.7 Å². The van der Waals surface area contributed by atoms with Gasteiger partial charge in [0.15, 0.2) is 0 Å². The smallest absolute Gasteiger partial charge is 0.253 e. The second kappa shape index (κ2) is 8.33. The second-order valence-electron chi connectivity index (χ2n) is 5.33. The van der Waals surface area contributed by atoms with Gasteiger partial charge < -0.3 is 0 Å². The lowest BCUT2D eigenvalue weighted by atomic mass is 10.4. The molecule has 9 nitrogen and oxygen atoms in total. The van der Waals surface area contributed by atoms with Crippen LogP contribution < -0.4 is 9.44 Å². The largest absolute Gasteiger partial charge is 0.402 e. The minimum atomic E-state index is -4.70. The SMILES string of the molecule is O=S(=O)(NCCCn1ccnn1)c1ccc(S(=O)(=O)NCC(F)(F)F)cc1. The number of nitrogens with one attached hydrogen (secondary N) is 2. The van der Waals surface area contributed by atoms with Crippen molar-refractivity contribution >= 4 is 20.0 Å². The average molecular weight is 427 g/mol. The second-order valence-corrected chi connectivity index (χ2v) is 8.86. The summed E-state index contributed by atoms with van der Waals surface area (Å²) in [6, 6.07) is 3.84. The lowest BCUT2D eigenvalue weighted by molar-refractivity contribution is -0.121. The third-order valence-corrected chi connectivity index (χ3v) is 6.13. The number of hydrogen-bond acceptors (Lipinski definition) is 6. The van der Waals surface area contributed by atoms with E-state index in [1.165, 1.54) is 15.6 Å². The predicted molar refractivity (Wildman–Crippen MR) is 87.5 cm³/mol. The summed E-state index contributed by atoms with van der Waals surface area (Å²) < 4.78 is 89.5. The molecule has 0 unspecified atom stereocenters. The van der Waals surface area contributed by atoms with Crippen LogP contribution in [0.1, 0.15) is 6.42 Å². The molecule has 27 heavy (non-hydrogen) atoms. The summed E-state index contributed by atoms with van der Waals surface area (Å²) in [5.41, 5.74) is 0. The first-order valence-corrected chi connectivity index (χ1v) is 10.5. The molecule has 2 rings (SSSR count). The van der Waals surface area contributed by atoms with Gasteiger partial charge in [0.2, 0.25) is 20.0 Å². The van der Waals surface area contributed by atoms with Gasteiger partial charge in [0, 0.05) is 19.3 Å². The number of aryl methyl sites for hydroxylation is 1. The molecule has 1 aromatic carbocycles. The molecule has 2 aromatic rings. The molecule has 14 heteroatoms. The number of halogens is 3. The average Bonchev–Trinajstić information content (AvgIpc) is 3.10. The topological polar surface area (TPSA) is 123 Å². The first kappa shape index (κ1) is 21.3. The van der Waals surface area contributed by atoms with Crippen LogP contribution in [0.3, 0.4) is 0 Å². The Hall–Kier alpha value is -2.03. The Morgan fingerprint density at radius 2 is 1.52 bits per heavy atom. The van der Waals surface area contributed by atoms with Crippen molar-refractivity contribution in [2.24, 2.45) is 0 Å². The predicted octanol–water partition coefficient (Wildman–Crippen LogP) is 0.487. The highest BCUT2D eigenvalue weighted by Gasteiger charge is 2.30. The third-order valence-electron chi connectivity index (χ3n) is 3.23. The summed E-state index contributed by atoms with van der Waals surface area (Å²) in [6.45, 7) is -1.16. The molecule has 0 aliphatic carbocycles. The summed E-state index contributed by atoms with van der Waals surface area (Å²) in [5.74, 6) is 0. The van der Waals surface area contributed by atoms with Gasteiger partial charge in [-0.1, -0.05) is 5.21 Å². The minimum absolute atomic E-state index is 0.107. The van der Waals surface area contributed by atoms with E-state index < -0.39 is 37.7 Å². The first-order chi connectivity index (χ1) is 12.5. The number of hydrogen-bond donors (Lipinski definition) is 2. The molecule has 1 heterocycles. The van der Waals surface area contributed by atoms with Crippen LogP contribution in [0.5, 0.6) is 0 Å². The van der Waals surface area contributed by atoms with Gasteiger partial charge in [0.1, 0.15) is 6.54 Å². The molecule has 0 radical (unpaired) electrons. The van der Waals surface area contributed by atoms with Crippen molar-refractivity contribution < 1.29 is 30.0 Å². The van der Waals surface area contributed by atoms with Crippen molar-refractivity contribution in [2.75, 3.05) is 13.1 Å². The van der Waals surface area contributed by atoms with Crippen molar-refractivity contribution in [3.63, 3.8) is 0 Å². The van der Waals surface area contributed by atoms with Crippen LogP contribution in [0.15, 0.2) is 46.5 Å². The molecule has 0 aliphatic heterocycles. The van der Waals surface area contributed by atoms with E-state index in [4.69, 9.17) is 0 Å². The highest BCUT2D eigenvalue weighted by Crippen LogP contribution is 2.17. The van der Waals surface area contributed by atoms with Gasteiger partial charge in [0.05, 0.1) is 16.0 Å². The van der Waals surface area contributed by atoms with E-state index in [9.17, 15) is 30.0 Å². The van der Waals surface area contributed by atoms with Gasteiger partial charge in [-0.15, -0.1) is 5.10 Å². The summed E-state index contributed by atoms with van der Waals surface area (Å²) in [4.78, 5) is -0.685. The molecule has 0 spiro atoms. The maximum atomic E-state index is 12.2. The maximum absolute atomic E-state index is 12.2. The zero-order valence-electron chi connectivity index (χ0n) is 13.7. The third kappa shape index (κ3) is 6.57. The fourth-order valence-corrected chi connectivity index (χ4v) is 4.03. The molecular weight excluding hydrogens is 411 g/mol. The lowest BCUT2D eigenvalue weighted by Gasteiger charge is -2.10. The molecule has 0 fully saturated rings. The molecular formula is C13H16F3N5O4S2. The number of nitrogens with zero attached hydrogens (tertiary/aromatic N) is 3. The summed E-state index contributed by atoms with van der Waals surface area (Å²) in [6.07, 6.45) is -1.15. The van der Waals surface area contributed by atoms with Gasteiger partial charge in [0.25, 0.3) is 0 Å². The van der Waals surface area contributed by atoms with E-state index in [0.717, 1.165) is 24.3 Å². The quantitative estimate of drug-likeness (QED) is 0.562. The Morgan fingerprint density at radius 3 is 2.00 bits per heavy atom. The van der Waals surface area contributed by atoms with Crippen molar-refractivity contribution in [2.45, 2.75) is 28.9 Å². The highest BCUT2D eigenvalue weighted by molar-refractivity contribution is 7.90. The molecule has 0 saturated heterocycles.